The quantitative estimate of drug-likeness (QED) is 0.142. The fraction of sp³-hybridized carbons (Fsp3) is 0. The van der Waals surface area contributed by atoms with Gasteiger partial charge in [0.1, 0.15) is 12.7 Å². The molecule has 8 heterocycles. The molecule has 0 aliphatic heterocycles. The summed E-state index contributed by atoms with van der Waals surface area (Å²) in [6, 6.07) is 74.0. The second kappa shape index (κ2) is 24.1. The standard InChI is InChI=1S/2C44H26N6/c1-17-47-43(48-18-1)29-7-3-27(4-8-29)31-11-13-33-37(23-31)38-24-32(28-5-9-30(10-6-28)44-49-19-2-20-50-44)12-14-34(38)41(33)42-35-15-21-45-25-39(35)40-26-46-22-16-36(40)42;1-5-29(33-19-47-25-48-20-33)6-2-27(1)31-9-11-35-39(17-31)40-18-32(28-3-7-30(8-4-28)34-21-49-26-50-22-34)10-12-36(40)43(35)44-37-13-15-45-23-41(37)42-24-46-16-14-38(42)44/h2*1-26H. The molecule has 8 aromatic heterocycles. The van der Waals surface area contributed by atoms with Crippen molar-refractivity contribution in [3.8, 4) is 134 Å². The third-order valence-electron chi connectivity index (χ3n) is 19.5. The molecule has 0 radical (unpaired) electrons. The van der Waals surface area contributed by atoms with E-state index >= 15 is 0 Å². The Morgan fingerprint density at radius 3 is 0.630 bits per heavy atom. The maximum absolute atomic E-state index is 4.48. The molecule has 12 nitrogen and oxygen atoms in total. The largest absolute Gasteiger partial charge is 0.264 e. The van der Waals surface area contributed by atoms with E-state index in [1.807, 2.05) is 86.5 Å². The monoisotopic (exact) mass is 1280 g/mol. The van der Waals surface area contributed by atoms with Gasteiger partial charge in [-0.15, -0.1) is 0 Å². The Kier molecular flexibility index (Phi) is 13.9. The number of benzene rings is 8. The molecule has 100 heavy (non-hydrogen) atoms. The van der Waals surface area contributed by atoms with Crippen LogP contribution >= 0.6 is 0 Å². The molecule has 0 N–H and O–H groups in total. The van der Waals surface area contributed by atoms with Gasteiger partial charge in [0.05, 0.1) is 0 Å². The summed E-state index contributed by atoms with van der Waals surface area (Å²) in [5, 5.41) is 0. The van der Waals surface area contributed by atoms with Crippen LogP contribution in [-0.2, 0) is 0 Å². The first kappa shape index (κ1) is 57.6. The number of hydrogen-bond acceptors (Lipinski definition) is 12. The van der Waals surface area contributed by atoms with Gasteiger partial charge in [0.2, 0.25) is 0 Å². The Hall–Kier alpha value is -13.8. The highest BCUT2D eigenvalue weighted by atomic mass is 14.9. The highest BCUT2D eigenvalue weighted by molar-refractivity contribution is 6.21. The van der Waals surface area contributed by atoms with Crippen LogP contribution in [-0.4, -0.2) is 59.8 Å². The molecule has 0 unspecified atom stereocenters. The lowest BCUT2D eigenvalue weighted by Crippen LogP contribution is -1.91. The zero-order valence-electron chi connectivity index (χ0n) is 53.4. The fourth-order valence-corrected chi connectivity index (χ4v) is 14.8. The van der Waals surface area contributed by atoms with Crippen LogP contribution in [0.25, 0.3) is 156 Å². The summed E-state index contributed by atoms with van der Waals surface area (Å²) in [5.74, 6) is 1.44. The van der Waals surface area contributed by atoms with Gasteiger partial charge in [-0.25, -0.2) is 39.9 Å². The Balaban J connectivity index is 0.000000139. The van der Waals surface area contributed by atoms with Crippen molar-refractivity contribution in [3.05, 3.63) is 363 Å². The van der Waals surface area contributed by atoms with Gasteiger partial charge in [0, 0.05) is 144 Å². The number of fused-ring (bicyclic) bond motifs is 12. The minimum atomic E-state index is 0.720. The summed E-state index contributed by atoms with van der Waals surface area (Å²) < 4.78 is 0. The maximum atomic E-state index is 4.48. The smallest absolute Gasteiger partial charge is 0.159 e. The van der Waals surface area contributed by atoms with Crippen LogP contribution in [0.5, 0.6) is 0 Å². The molecular weight excluding hydrogens is 1230 g/mol. The average molecular weight is 1280 g/mol. The fourth-order valence-electron chi connectivity index (χ4n) is 14.8. The van der Waals surface area contributed by atoms with E-state index in [1.54, 1.807) is 37.4 Å². The summed E-state index contributed by atoms with van der Waals surface area (Å²) in [6.45, 7) is 0. The van der Waals surface area contributed by atoms with Crippen molar-refractivity contribution >= 4 is 22.3 Å². The predicted octanol–water partition coefficient (Wildman–Crippen LogP) is 19.4. The molecule has 20 rings (SSSR count). The molecule has 0 bridgehead atoms. The molecular formula is C88H52N12. The first-order valence-corrected chi connectivity index (χ1v) is 32.9. The Morgan fingerprint density at radius 1 is 0.150 bits per heavy atom. The van der Waals surface area contributed by atoms with E-state index < -0.39 is 0 Å². The van der Waals surface area contributed by atoms with Crippen LogP contribution in [0.3, 0.4) is 0 Å². The lowest BCUT2D eigenvalue weighted by molar-refractivity contribution is 1.17. The Bertz CT molecular complexity index is 5230. The van der Waals surface area contributed by atoms with Crippen LogP contribution in [0, 0.1) is 0 Å². The zero-order chi connectivity index (χ0) is 66.0. The number of hydrogen-bond donors (Lipinski definition) is 0. The van der Waals surface area contributed by atoms with E-state index in [9.17, 15) is 0 Å². The van der Waals surface area contributed by atoms with Crippen LogP contribution in [0.2, 0.25) is 0 Å². The highest BCUT2D eigenvalue weighted by Crippen LogP contribution is 2.57. The minimum Gasteiger partial charge on any atom is -0.264 e. The van der Waals surface area contributed by atoms with Gasteiger partial charge in [0.25, 0.3) is 0 Å². The SMILES string of the molecule is c1cc2c(cn1)-c1cnccc1C2=C1c2ccc(-c3ccc(-c4cncnc4)cc3)cc2-c2cc(-c3ccc(-c4cncnc4)cc3)ccc21.c1cnc(-c2ccc(-c3ccc4c(c3)-c3cc(-c5ccc(-c6ncccn6)cc5)ccc3C4=C3c4ccncc4-c4cnccc43)cc2)nc1. The average Bonchev–Trinajstić information content (AvgIpc) is 1.56. The van der Waals surface area contributed by atoms with Gasteiger partial charge < -0.3 is 0 Å². The third kappa shape index (κ3) is 9.92. The molecule has 16 aromatic rings. The van der Waals surface area contributed by atoms with E-state index in [-0.39, 0.29) is 0 Å². The molecule has 8 aromatic carbocycles. The summed E-state index contributed by atoms with van der Waals surface area (Å²) in [7, 11) is 0. The van der Waals surface area contributed by atoms with Gasteiger partial charge in [-0.1, -0.05) is 146 Å². The molecule has 12 heteroatoms. The van der Waals surface area contributed by atoms with E-state index in [0.29, 0.717) is 0 Å². The van der Waals surface area contributed by atoms with Crippen molar-refractivity contribution in [2.24, 2.45) is 0 Å². The number of rotatable bonds is 8. The van der Waals surface area contributed by atoms with Crippen molar-refractivity contribution in [3.63, 3.8) is 0 Å². The molecule has 0 saturated carbocycles. The van der Waals surface area contributed by atoms with E-state index in [2.05, 4.69) is 254 Å². The van der Waals surface area contributed by atoms with Gasteiger partial charge in [0.15, 0.2) is 11.6 Å². The third-order valence-corrected chi connectivity index (χ3v) is 19.5. The molecule has 0 amide bonds. The molecule has 0 fully saturated rings. The summed E-state index contributed by atoms with van der Waals surface area (Å²) >= 11 is 0. The lowest BCUT2D eigenvalue weighted by atomic mass is 9.91. The van der Waals surface area contributed by atoms with Crippen molar-refractivity contribution in [1.29, 1.82) is 0 Å². The molecule has 0 saturated heterocycles. The van der Waals surface area contributed by atoms with Gasteiger partial charge >= 0.3 is 0 Å². The molecule has 4 aliphatic carbocycles. The lowest BCUT2D eigenvalue weighted by Gasteiger charge is -2.12. The second-order valence-corrected chi connectivity index (χ2v) is 24.9. The van der Waals surface area contributed by atoms with Crippen LogP contribution in [0.4, 0.5) is 0 Å². The van der Waals surface area contributed by atoms with Crippen molar-refractivity contribution in [2.75, 3.05) is 0 Å². The molecule has 4 aliphatic rings. The molecule has 0 spiro atoms. The molecule has 0 atom stereocenters. The number of nitrogens with zero attached hydrogens (tertiary/aromatic N) is 12. The summed E-state index contributed by atoms with van der Waals surface area (Å²) in [6.07, 6.45) is 33.0. The van der Waals surface area contributed by atoms with E-state index in [1.165, 1.54) is 89.1 Å². The Morgan fingerprint density at radius 2 is 0.370 bits per heavy atom. The number of pyridine rings is 4. The highest BCUT2D eigenvalue weighted by Gasteiger charge is 2.35. The Labute approximate surface area is 575 Å². The van der Waals surface area contributed by atoms with Gasteiger partial charge in [-0.2, -0.15) is 0 Å². The van der Waals surface area contributed by atoms with Crippen molar-refractivity contribution in [1.82, 2.24) is 59.8 Å². The second-order valence-electron chi connectivity index (χ2n) is 24.9. The zero-order valence-corrected chi connectivity index (χ0v) is 53.4. The predicted molar refractivity (Wildman–Crippen MR) is 395 cm³/mol. The van der Waals surface area contributed by atoms with E-state index in [4.69, 9.17) is 0 Å². The summed E-state index contributed by atoms with van der Waals surface area (Å²) in [4.78, 5) is 52.4. The van der Waals surface area contributed by atoms with Crippen molar-refractivity contribution < 1.29 is 0 Å². The van der Waals surface area contributed by atoms with Crippen molar-refractivity contribution in [2.45, 2.75) is 0 Å². The topological polar surface area (TPSA) is 155 Å². The summed E-state index contributed by atoms with van der Waals surface area (Å²) in [5.41, 5.74) is 39.3. The van der Waals surface area contributed by atoms with Crippen LogP contribution in [0.1, 0.15) is 44.5 Å². The van der Waals surface area contributed by atoms with Crippen LogP contribution < -0.4 is 0 Å². The number of aromatic nitrogens is 12. The van der Waals surface area contributed by atoms with Crippen LogP contribution in [0.15, 0.2) is 318 Å². The molecule has 464 valence electrons. The first-order valence-electron chi connectivity index (χ1n) is 32.9. The van der Waals surface area contributed by atoms with E-state index in [0.717, 1.165) is 112 Å². The minimum absolute atomic E-state index is 0.720. The maximum Gasteiger partial charge on any atom is 0.159 e. The normalized spacial score (nSPS) is 12.3. The van der Waals surface area contributed by atoms with Gasteiger partial charge in [-0.05, 0) is 205 Å². The van der Waals surface area contributed by atoms with Gasteiger partial charge in [-0.3, -0.25) is 19.9 Å². The first-order chi connectivity index (χ1) is 49.6.